The minimum absolute atomic E-state index is 0.0196. The van der Waals surface area contributed by atoms with Gasteiger partial charge in [0.25, 0.3) is 0 Å². The lowest BCUT2D eigenvalue weighted by atomic mass is 9.91. The summed E-state index contributed by atoms with van der Waals surface area (Å²) in [7, 11) is 0. The van der Waals surface area contributed by atoms with Crippen LogP contribution in [0.2, 0.25) is 10.0 Å². The van der Waals surface area contributed by atoms with Gasteiger partial charge in [0.05, 0.1) is 23.2 Å². The van der Waals surface area contributed by atoms with Crippen molar-refractivity contribution in [3.63, 3.8) is 0 Å². The number of likely N-dealkylation sites (tertiary alicyclic amines) is 1. The zero-order chi connectivity index (χ0) is 27.2. The Bertz CT molecular complexity index is 1120. The third kappa shape index (κ3) is 7.20. The molecule has 0 aromatic heterocycles. The minimum Gasteiger partial charge on any atom is -0.450 e. The maximum atomic E-state index is 12.7. The number of carbonyl (C=O) groups excluding carboxylic acids is 2. The zero-order valence-corrected chi connectivity index (χ0v) is 24.0. The molecule has 38 heavy (non-hydrogen) atoms. The molecule has 0 aliphatic carbocycles. The Morgan fingerprint density at radius 2 is 1.71 bits per heavy atom. The summed E-state index contributed by atoms with van der Waals surface area (Å²) in [5.74, 6) is 0.0280. The molecule has 2 aromatic rings. The average molecular weight is 562 g/mol. The molecular formula is C29H38Cl2N4O3. The summed E-state index contributed by atoms with van der Waals surface area (Å²) in [6.07, 6.45) is 2.22. The van der Waals surface area contributed by atoms with E-state index in [9.17, 15) is 9.59 Å². The maximum absolute atomic E-state index is 12.7. The van der Waals surface area contributed by atoms with Crippen molar-refractivity contribution in [1.29, 1.82) is 0 Å². The number of piperidine rings is 1. The molecule has 2 atom stereocenters. The van der Waals surface area contributed by atoms with Crippen molar-refractivity contribution in [3.8, 4) is 0 Å². The fourth-order valence-corrected chi connectivity index (χ4v) is 5.94. The predicted octanol–water partition coefficient (Wildman–Crippen LogP) is 5.40. The number of nitrogens with one attached hydrogen (secondary N) is 1. The van der Waals surface area contributed by atoms with Gasteiger partial charge in [0.2, 0.25) is 5.91 Å². The summed E-state index contributed by atoms with van der Waals surface area (Å²) in [6.45, 7) is 10.8. The van der Waals surface area contributed by atoms with E-state index in [1.165, 1.54) is 0 Å². The SMILES string of the molecule is CCOC(=O)N1CC[C@H](N2CCN(CC(=O)Nc3c(C)cccc3C)CC2)C[C@H]1Cc1ccc(Cl)c(Cl)c1. The molecule has 7 nitrogen and oxygen atoms in total. The summed E-state index contributed by atoms with van der Waals surface area (Å²) in [5, 5.41) is 4.15. The first-order valence-electron chi connectivity index (χ1n) is 13.4. The van der Waals surface area contributed by atoms with Gasteiger partial charge in [-0.1, -0.05) is 47.5 Å². The highest BCUT2D eigenvalue weighted by atomic mass is 35.5. The summed E-state index contributed by atoms with van der Waals surface area (Å²) in [4.78, 5) is 32.1. The van der Waals surface area contributed by atoms with Crippen LogP contribution in [-0.4, -0.2) is 84.7 Å². The molecule has 2 aromatic carbocycles. The smallest absolute Gasteiger partial charge is 0.410 e. The van der Waals surface area contributed by atoms with Gasteiger partial charge < -0.3 is 15.0 Å². The van der Waals surface area contributed by atoms with E-state index in [1.807, 2.05) is 62.1 Å². The van der Waals surface area contributed by atoms with Gasteiger partial charge in [-0.2, -0.15) is 0 Å². The number of piperazine rings is 1. The van der Waals surface area contributed by atoms with Crippen LogP contribution in [0.5, 0.6) is 0 Å². The number of rotatable bonds is 7. The van der Waals surface area contributed by atoms with Gasteiger partial charge >= 0.3 is 6.09 Å². The molecule has 9 heteroatoms. The number of hydrogen-bond donors (Lipinski definition) is 1. The third-order valence-electron chi connectivity index (χ3n) is 7.68. The summed E-state index contributed by atoms with van der Waals surface area (Å²) < 4.78 is 5.36. The van der Waals surface area contributed by atoms with Crippen LogP contribution in [0.3, 0.4) is 0 Å². The number of nitrogens with zero attached hydrogens (tertiary/aromatic N) is 3. The number of para-hydroxylation sites is 1. The Morgan fingerprint density at radius 1 is 1.00 bits per heavy atom. The van der Waals surface area contributed by atoms with Crippen LogP contribution in [-0.2, 0) is 16.0 Å². The largest absolute Gasteiger partial charge is 0.450 e. The molecule has 0 unspecified atom stereocenters. The maximum Gasteiger partial charge on any atom is 0.410 e. The number of ether oxygens (including phenoxy) is 1. The number of halogens is 2. The number of amides is 2. The van der Waals surface area contributed by atoms with Crippen molar-refractivity contribution in [3.05, 3.63) is 63.1 Å². The minimum atomic E-state index is -0.254. The quantitative estimate of drug-likeness (QED) is 0.491. The predicted molar refractivity (Wildman–Crippen MR) is 153 cm³/mol. The topological polar surface area (TPSA) is 65.1 Å². The molecule has 0 spiro atoms. The monoisotopic (exact) mass is 560 g/mol. The van der Waals surface area contributed by atoms with Gasteiger partial charge in [0.1, 0.15) is 0 Å². The normalized spacial score (nSPS) is 20.8. The lowest BCUT2D eigenvalue weighted by Crippen LogP contribution is -2.57. The molecule has 2 heterocycles. The van der Waals surface area contributed by atoms with Crippen molar-refractivity contribution in [2.75, 3.05) is 51.2 Å². The molecule has 2 amide bonds. The van der Waals surface area contributed by atoms with Crippen LogP contribution in [0, 0.1) is 13.8 Å². The Kier molecular flexibility index (Phi) is 9.93. The number of hydrogen-bond acceptors (Lipinski definition) is 5. The van der Waals surface area contributed by atoms with E-state index >= 15 is 0 Å². The first-order chi connectivity index (χ1) is 18.2. The van der Waals surface area contributed by atoms with E-state index in [0.29, 0.717) is 42.2 Å². The molecule has 0 saturated carbocycles. The molecule has 2 aliphatic heterocycles. The fourth-order valence-electron chi connectivity index (χ4n) is 5.62. The Labute approximate surface area is 236 Å². The highest BCUT2D eigenvalue weighted by Gasteiger charge is 2.36. The molecular weight excluding hydrogens is 523 g/mol. The average Bonchev–Trinajstić information content (AvgIpc) is 2.89. The number of carbonyl (C=O) groups is 2. The second kappa shape index (κ2) is 13.2. The lowest BCUT2D eigenvalue weighted by molar-refractivity contribution is -0.117. The van der Waals surface area contributed by atoms with Crippen molar-refractivity contribution in [2.24, 2.45) is 0 Å². The highest BCUT2D eigenvalue weighted by Crippen LogP contribution is 2.29. The molecule has 206 valence electrons. The number of benzene rings is 2. The van der Waals surface area contributed by atoms with E-state index in [1.54, 1.807) is 0 Å². The molecule has 0 bridgehead atoms. The molecule has 2 fully saturated rings. The van der Waals surface area contributed by atoms with E-state index in [2.05, 4.69) is 15.1 Å². The molecule has 1 N–H and O–H groups in total. The summed E-state index contributed by atoms with van der Waals surface area (Å²) in [6, 6.07) is 12.1. The number of aryl methyl sites for hydroxylation is 2. The summed E-state index contributed by atoms with van der Waals surface area (Å²) in [5.41, 5.74) is 4.12. The van der Waals surface area contributed by atoms with E-state index in [-0.39, 0.29) is 18.0 Å². The molecule has 4 rings (SSSR count). The molecule has 0 radical (unpaired) electrons. The van der Waals surface area contributed by atoms with Crippen molar-refractivity contribution >= 4 is 40.9 Å². The number of anilines is 1. The zero-order valence-electron chi connectivity index (χ0n) is 22.5. The summed E-state index contributed by atoms with van der Waals surface area (Å²) >= 11 is 12.4. The third-order valence-corrected chi connectivity index (χ3v) is 8.42. The van der Waals surface area contributed by atoms with E-state index < -0.39 is 0 Å². The second-order valence-electron chi connectivity index (χ2n) is 10.3. The van der Waals surface area contributed by atoms with Crippen LogP contribution < -0.4 is 5.32 Å². The van der Waals surface area contributed by atoms with Crippen LogP contribution in [0.15, 0.2) is 36.4 Å². The van der Waals surface area contributed by atoms with Crippen molar-refractivity contribution in [1.82, 2.24) is 14.7 Å². The van der Waals surface area contributed by atoms with Crippen LogP contribution in [0.4, 0.5) is 10.5 Å². The van der Waals surface area contributed by atoms with Gasteiger partial charge in [0, 0.05) is 50.5 Å². The Hall–Kier alpha value is -2.32. The van der Waals surface area contributed by atoms with Gasteiger partial charge in [-0.3, -0.25) is 14.6 Å². The van der Waals surface area contributed by atoms with Gasteiger partial charge in [-0.05, 0) is 68.9 Å². The Balaban J connectivity index is 1.33. The van der Waals surface area contributed by atoms with E-state index in [4.69, 9.17) is 27.9 Å². The standard InChI is InChI=1S/C29H38Cl2N4O3/c1-4-38-29(37)35-11-10-23(18-24(35)16-22-8-9-25(30)26(31)17-22)34-14-12-33(13-15-34)19-27(36)32-28-20(2)6-5-7-21(28)3/h5-9,17,23-24H,4,10-16,18-19H2,1-3H3,(H,32,36)/t23-,24+/m0/s1. The van der Waals surface area contributed by atoms with Gasteiger partial charge in [0.15, 0.2) is 0 Å². The first-order valence-corrected chi connectivity index (χ1v) is 14.2. The van der Waals surface area contributed by atoms with Crippen molar-refractivity contribution in [2.45, 2.75) is 52.1 Å². The van der Waals surface area contributed by atoms with Gasteiger partial charge in [-0.15, -0.1) is 0 Å². The second-order valence-corrected chi connectivity index (χ2v) is 11.1. The van der Waals surface area contributed by atoms with Crippen molar-refractivity contribution < 1.29 is 14.3 Å². The van der Waals surface area contributed by atoms with Gasteiger partial charge in [-0.25, -0.2) is 4.79 Å². The van der Waals surface area contributed by atoms with Crippen LogP contribution >= 0.6 is 23.2 Å². The molecule has 2 aliphatic rings. The fraction of sp³-hybridized carbons (Fsp3) is 0.517. The highest BCUT2D eigenvalue weighted by molar-refractivity contribution is 6.42. The molecule has 2 saturated heterocycles. The van der Waals surface area contributed by atoms with E-state index in [0.717, 1.165) is 61.4 Å². The van der Waals surface area contributed by atoms with Crippen LogP contribution in [0.25, 0.3) is 0 Å². The lowest BCUT2D eigenvalue weighted by Gasteiger charge is -2.45. The van der Waals surface area contributed by atoms with Crippen LogP contribution in [0.1, 0.15) is 36.5 Å². The first kappa shape index (κ1) is 28.7. The Morgan fingerprint density at radius 3 is 2.37 bits per heavy atom.